The molecule has 1 aliphatic heterocycles. The predicted molar refractivity (Wildman–Crippen MR) is 47.3 cm³/mol. The quantitative estimate of drug-likeness (QED) is 0.519. The van der Waals surface area contributed by atoms with Crippen molar-refractivity contribution < 1.29 is 0 Å². The van der Waals surface area contributed by atoms with Gasteiger partial charge in [0, 0.05) is 0 Å². The normalized spacial score (nSPS) is 50.1. The molecule has 2 aliphatic rings. The molecule has 1 saturated heterocycles. The molecule has 0 amide bonds. The van der Waals surface area contributed by atoms with E-state index in [-0.39, 0.29) is 0 Å². The lowest BCUT2D eigenvalue weighted by Crippen LogP contribution is -2.27. The lowest BCUT2D eigenvalue weighted by molar-refractivity contribution is 0.300. The first kappa shape index (κ1) is 7.02. The molecule has 1 heterocycles. The Labute approximate surface area is 67.8 Å². The molecular formula is C9H16S. The maximum atomic E-state index is 2.45. The van der Waals surface area contributed by atoms with Crippen molar-refractivity contribution in [3.63, 3.8) is 0 Å². The Bertz CT molecular complexity index is 162. The summed E-state index contributed by atoms with van der Waals surface area (Å²) >= 11 is 2.15. The van der Waals surface area contributed by atoms with E-state index in [2.05, 4.69) is 32.5 Å². The van der Waals surface area contributed by atoms with Crippen molar-refractivity contribution in [3.05, 3.63) is 0 Å². The second kappa shape index (κ2) is 1.74. The van der Waals surface area contributed by atoms with E-state index < -0.39 is 0 Å². The van der Waals surface area contributed by atoms with Crippen molar-refractivity contribution in [1.82, 2.24) is 0 Å². The second-order valence-corrected chi connectivity index (χ2v) is 5.88. The summed E-state index contributed by atoms with van der Waals surface area (Å²) in [7, 11) is 0. The van der Waals surface area contributed by atoms with Crippen molar-refractivity contribution in [2.75, 3.05) is 11.5 Å². The first-order chi connectivity index (χ1) is 4.55. The Kier molecular flexibility index (Phi) is 1.22. The zero-order valence-corrected chi connectivity index (χ0v) is 7.92. The molecule has 1 saturated carbocycles. The fourth-order valence-electron chi connectivity index (χ4n) is 2.43. The Balaban J connectivity index is 2.16. The summed E-state index contributed by atoms with van der Waals surface area (Å²) in [5.41, 5.74) is 1.38. The van der Waals surface area contributed by atoms with E-state index in [9.17, 15) is 0 Å². The molecule has 2 rings (SSSR count). The summed E-state index contributed by atoms with van der Waals surface area (Å²) in [6.07, 6.45) is 1.49. The molecule has 0 spiro atoms. The van der Waals surface area contributed by atoms with Crippen LogP contribution >= 0.6 is 11.8 Å². The van der Waals surface area contributed by atoms with Gasteiger partial charge in [0.1, 0.15) is 0 Å². The minimum absolute atomic E-state index is 0.637. The lowest BCUT2D eigenvalue weighted by atomic mass is 9.85. The van der Waals surface area contributed by atoms with Crippen LogP contribution in [0.4, 0.5) is 0 Å². The van der Waals surface area contributed by atoms with Crippen LogP contribution in [-0.4, -0.2) is 11.5 Å². The monoisotopic (exact) mass is 156 g/mol. The minimum atomic E-state index is 0.637. The molecule has 1 aliphatic carbocycles. The number of hydrogen-bond donors (Lipinski definition) is 0. The lowest BCUT2D eigenvalue weighted by Gasteiger charge is -2.32. The standard InChI is InChI=1S/C9H16S/c1-8(2)5-10-6-9(3)4-7(8)9/h7H,4-6H2,1-3H3. The summed E-state index contributed by atoms with van der Waals surface area (Å²) in [5.74, 6) is 3.84. The van der Waals surface area contributed by atoms with Gasteiger partial charge in [0.25, 0.3) is 0 Å². The topological polar surface area (TPSA) is 0 Å². The molecular weight excluding hydrogens is 140 g/mol. The Morgan fingerprint density at radius 1 is 1.20 bits per heavy atom. The zero-order chi connectivity index (χ0) is 7.41. The van der Waals surface area contributed by atoms with Gasteiger partial charge in [-0.2, -0.15) is 11.8 Å². The number of hydrogen-bond acceptors (Lipinski definition) is 1. The molecule has 0 aromatic carbocycles. The summed E-state index contributed by atoms with van der Waals surface area (Å²) in [5, 5.41) is 0. The molecule has 0 N–H and O–H groups in total. The average Bonchev–Trinajstić information content (AvgIpc) is 2.41. The van der Waals surface area contributed by atoms with Crippen LogP contribution in [0.25, 0.3) is 0 Å². The third-order valence-electron chi connectivity index (χ3n) is 3.20. The highest BCUT2D eigenvalue weighted by atomic mass is 32.2. The van der Waals surface area contributed by atoms with Crippen molar-refractivity contribution in [2.24, 2.45) is 16.7 Å². The molecule has 1 heteroatoms. The largest absolute Gasteiger partial charge is 0.161 e. The first-order valence-electron chi connectivity index (χ1n) is 4.12. The third-order valence-corrected chi connectivity index (χ3v) is 5.01. The highest BCUT2D eigenvalue weighted by Gasteiger charge is 2.58. The highest BCUT2D eigenvalue weighted by molar-refractivity contribution is 7.99. The molecule has 58 valence electrons. The molecule has 0 aromatic rings. The van der Waals surface area contributed by atoms with Gasteiger partial charge in [-0.05, 0) is 34.7 Å². The van der Waals surface area contributed by atoms with Crippen molar-refractivity contribution in [1.29, 1.82) is 0 Å². The minimum Gasteiger partial charge on any atom is -0.161 e. The molecule has 2 unspecified atom stereocenters. The fourth-order valence-corrected chi connectivity index (χ4v) is 4.05. The Morgan fingerprint density at radius 3 is 2.40 bits per heavy atom. The van der Waals surface area contributed by atoms with Crippen LogP contribution < -0.4 is 0 Å². The molecule has 2 fully saturated rings. The average molecular weight is 156 g/mol. The smallest absolute Gasteiger partial charge is 0.00103 e. The molecule has 2 atom stereocenters. The fraction of sp³-hybridized carbons (Fsp3) is 1.00. The van der Waals surface area contributed by atoms with E-state index in [0.717, 1.165) is 11.3 Å². The van der Waals surface area contributed by atoms with Gasteiger partial charge in [-0.25, -0.2) is 0 Å². The number of rotatable bonds is 0. The highest BCUT2D eigenvalue weighted by Crippen LogP contribution is 2.65. The van der Waals surface area contributed by atoms with Crippen molar-refractivity contribution in [2.45, 2.75) is 27.2 Å². The van der Waals surface area contributed by atoms with E-state index in [1.54, 1.807) is 0 Å². The van der Waals surface area contributed by atoms with Crippen LogP contribution in [-0.2, 0) is 0 Å². The van der Waals surface area contributed by atoms with Crippen molar-refractivity contribution >= 4 is 11.8 Å². The Hall–Kier alpha value is 0.350. The van der Waals surface area contributed by atoms with Crippen LogP contribution in [0.1, 0.15) is 27.2 Å². The first-order valence-corrected chi connectivity index (χ1v) is 5.28. The molecule has 10 heavy (non-hydrogen) atoms. The number of fused-ring (bicyclic) bond motifs is 1. The Morgan fingerprint density at radius 2 is 1.90 bits per heavy atom. The van der Waals surface area contributed by atoms with Gasteiger partial charge in [-0.1, -0.05) is 20.8 Å². The summed E-state index contributed by atoms with van der Waals surface area (Å²) in [6, 6.07) is 0. The summed E-state index contributed by atoms with van der Waals surface area (Å²) in [6.45, 7) is 7.30. The maximum absolute atomic E-state index is 2.45. The zero-order valence-electron chi connectivity index (χ0n) is 7.11. The second-order valence-electron chi connectivity index (χ2n) is 4.89. The predicted octanol–water partition coefficient (Wildman–Crippen LogP) is 2.79. The van der Waals surface area contributed by atoms with Crippen LogP contribution in [0.2, 0.25) is 0 Å². The van der Waals surface area contributed by atoms with E-state index in [0.29, 0.717) is 5.41 Å². The molecule has 0 radical (unpaired) electrons. The van der Waals surface area contributed by atoms with Gasteiger partial charge in [-0.3, -0.25) is 0 Å². The van der Waals surface area contributed by atoms with E-state index in [4.69, 9.17) is 0 Å². The van der Waals surface area contributed by atoms with Crippen LogP contribution in [0.15, 0.2) is 0 Å². The van der Waals surface area contributed by atoms with Gasteiger partial charge >= 0.3 is 0 Å². The van der Waals surface area contributed by atoms with E-state index in [1.165, 1.54) is 17.9 Å². The van der Waals surface area contributed by atoms with E-state index in [1.807, 2.05) is 0 Å². The van der Waals surface area contributed by atoms with Gasteiger partial charge in [0.05, 0.1) is 0 Å². The molecule has 0 nitrogen and oxygen atoms in total. The number of thioether (sulfide) groups is 1. The van der Waals surface area contributed by atoms with Gasteiger partial charge in [0.15, 0.2) is 0 Å². The van der Waals surface area contributed by atoms with Crippen LogP contribution in [0, 0.1) is 16.7 Å². The summed E-state index contributed by atoms with van der Waals surface area (Å²) in [4.78, 5) is 0. The van der Waals surface area contributed by atoms with Crippen LogP contribution in [0.5, 0.6) is 0 Å². The third kappa shape index (κ3) is 0.827. The summed E-state index contributed by atoms with van der Waals surface area (Å²) < 4.78 is 0. The van der Waals surface area contributed by atoms with E-state index >= 15 is 0 Å². The van der Waals surface area contributed by atoms with Gasteiger partial charge in [0.2, 0.25) is 0 Å². The maximum Gasteiger partial charge on any atom is -0.00103 e. The molecule has 0 aromatic heterocycles. The molecule has 0 bridgehead atoms. The SMILES string of the molecule is CC1(C)CSCC2(C)CC12. The van der Waals surface area contributed by atoms with Gasteiger partial charge < -0.3 is 0 Å². The van der Waals surface area contributed by atoms with Crippen LogP contribution in [0.3, 0.4) is 0 Å². The van der Waals surface area contributed by atoms with Gasteiger partial charge in [-0.15, -0.1) is 0 Å². The van der Waals surface area contributed by atoms with Crippen molar-refractivity contribution in [3.8, 4) is 0 Å².